The molecule has 1 aromatic carbocycles. The summed E-state index contributed by atoms with van der Waals surface area (Å²) in [5.41, 5.74) is 7.29. The van der Waals surface area contributed by atoms with Crippen LogP contribution in [0.15, 0.2) is 18.2 Å². The van der Waals surface area contributed by atoms with Gasteiger partial charge in [0.1, 0.15) is 5.82 Å². The molecule has 0 radical (unpaired) electrons. The van der Waals surface area contributed by atoms with Crippen LogP contribution in [0.2, 0.25) is 0 Å². The molecule has 1 aliphatic rings. The lowest BCUT2D eigenvalue weighted by Gasteiger charge is -2.13. The molecule has 2 rings (SSSR count). The predicted molar refractivity (Wildman–Crippen MR) is 50.8 cm³/mol. The average molecular weight is 190 g/mol. The molecule has 1 aromatic rings. The van der Waals surface area contributed by atoms with Crippen LogP contribution in [0.3, 0.4) is 0 Å². The highest BCUT2D eigenvalue weighted by atomic mass is 19.1. The highest BCUT2D eigenvalue weighted by Crippen LogP contribution is 2.44. The number of nitrogens with zero attached hydrogens (tertiary/aromatic N) is 1. The van der Waals surface area contributed by atoms with Crippen LogP contribution in [-0.2, 0) is 12.0 Å². The van der Waals surface area contributed by atoms with E-state index in [9.17, 15) is 4.39 Å². The maximum absolute atomic E-state index is 13.0. The van der Waals surface area contributed by atoms with Crippen LogP contribution in [0.4, 0.5) is 4.39 Å². The van der Waals surface area contributed by atoms with Crippen molar-refractivity contribution in [3.8, 4) is 6.07 Å². The fraction of sp³-hybridized carbons (Fsp3) is 0.364. The summed E-state index contributed by atoms with van der Waals surface area (Å²) in [6.07, 6.45) is 2.07. The van der Waals surface area contributed by atoms with E-state index in [1.54, 1.807) is 6.07 Å². The number of nitriles is 1. The van der Waals surface area contributed by atoms with Gasteiger partial charge in [-0.25, -0.2) is 4.39 Å². The SMILES string of the molecule is N#CCc1ccc(F)cc1C1(N)CC1. The normalized spacial score (nSPS) is 17.5. The minimum Gasteiger partial charge on any atom is -0.321 e. The number of halogens is 1. The third kappa shape index (κ3) is 1.49. The number of hydrogen-bond donors (Lipinski definition) is 1. The first-order valence-corrected chi connectivity index (χ1v) is 4.60. The van der Waals surface area contributed by atoms with Crippen molar-refractivity contribution in [3.63, 3.8) is 0 Å². The van der Waals surface area contributed by atoms with Gasteiger partial charge in [0.15, 0.2) is 0 Å². The Hall–Kier alpha value is -1.40. The van der Waals surface area contributed by atoms with E-state index in [0.717, 1.165) is 24.0 Å². The van der Waals surface area contributed by atoms with Crippen molar-refractivity contribution < 1.29 is 4.39 Å². The molecule has 0 heterocycles. The second kappa shape index (κ2) is 3.07. The Morgan fingerprint density at radius 3 is 2.79 bits per heavy atom. The van der Waals surface area contributed by atoms with Crippen LogP contribution in [0.1, 0.15) is 24.0 Å². The molecule has 0 atom stereocenters. The van der Waals surface area contributed by atoms with Gasteiger partial charge in [0, 0.05) is 5.54 Å². The Morgan fingerprint density at radius 2 is 2.21 bits per heavy atom. The van der Waals surface area contributed by atoms with Gasteiger partial charge in [-0.3, -0.25) is 0 Å². The van der Waals surface area contributed by atoms with E-state index in [1.165, 1.54) is 12.1 Å². The van der Waals surface area contributed by atoms with Crippen LogP contribution < -0.4 is 5.73 Å². The van der Waals surface area contributed by atoms with Crippen molar-refractivity contribution >= 4 is 0 Å². The summed E-state index contributed by atoms with van der Waals surface area (Å²) in [4.78, 5) is 0. The van der Waals surface area contributed by atoms with Crippen molar-refractivity contribution in [1.82, 2.24) is 0 Å². The van der Waals surface area contributed by atoms with E-state index >= 15 is 0 Å². The fourth-order valence-corrected chi connectivity index (χ4v) is 1.66. The maximum atomic E-state index is 13.0. The molecule has 3 heteroatoms. The van der Waals surface area contributed by atoms with Crippen molar-refractivity contribution in [1.29, 1.82) is 5.26 Å². The fourth-order valence-electron chi connectivity index (χ4n) is 1.66. The van der Waals surface area contributed by atoms with Gasteiger partial charge < -0.3 is 5.73 Å². The molecule has 72 valence electrons. The molecule has 0 spiro atoms. The zero-order valence-corrected chi connectivity index (χ0v) is 7.76. The molecular weight excluding hydrogens is 179 g/mol. The summed E-state index contributed by atoms with van der Waals surface area (Å²) in [5, 5.41) is 8.62. The molecule has 0 unspecified atom stereocenters. The Labute approximate surface area is 82.1 Å². The van der Waals surface area contributed by atoms with Gasteiger partial charge in [-0.2, -0.15) is 5.26 Å². The van der Waals surface area contributed by atoms with Crippen molar-refractivity contribution in [3.05, 3.63) is 35.1 Å². The van der Waals surface area contributed by atoms with Crippen molar-refractivity contribution in [2.45, 2.75) is 24.8 Å². The van der Waals surface area contributed by atoms with E-state index in [0.29, 0.717) is 6.42 Å². The maximum Gasteiger partial charge on any atom is 0.123 e. The summed E-state index contributed by atoms with van der Waals surface area (Å²) in [7, 11) is 0. The number of nitrogens with two attached hydrogens (primary N) is 1. The smallest absolute Gasteiger partial charge is 0.123 e. The quantitative estimate of drug-likeness (QED) is 0.773. The first-order valence-electron chi connectivity index (χ1n) is 4.60. The lowest BCUT2D eigenvalue weighted by molar-refractivity contribution is 0.616. The Morgan fingerprint density at radius 1 is 1.50 bits per heavy atom. The zero-order chi connectivity index (χ0) is 10.2. The number of hydrogen-bond acceptors (Lipinski definition) is 2. The monoisotopic (exact) mass is 190 g/mol. The van der Waals surface area contributed by atoms with Crippen LogP contribution in [0, 0.1) is 17.1 Å². The Balaban J connectivity index is 2.45. The van der Waals surface area contributed by atoms with Gasteiger partial charge in [-0.05, 0) is 36.1 Å². The minimum atomic E-state index is -0.367. The van der Waals surface area contributed by atoms with Gasteiger partial charge in [0.05, 0.1) is 12.5 Å². The summed E-state index contributed by atoms with van der Waals surface area (Å²) < 4.78 is 13.0. The van der Waals surface area contributed by atoms with E-state index in [4.69, 9.17) is 11.0 Å². The van der Waals surface area contributed by atoms with Crippen LogP contribution in [-0.4, -0.2) is 0 Å². The zero-order valence-electron chi connectivity index (χ0n) is 7.76. The summed E-state index contributed by atoms with van der Waals surface area (Å²) in [5.74, 6) is -0.279. The number of rotatable bonds is 2. The average Bonchev–Trinajstić information content (AvgIpc) is 2.89. The third-order valence-corrected chi connectivity index (χ3v) is 2.67. The first kappa shape index (κ1) is 9.17. The molecule has 2 nitrogen and oxygen atoms in total. The Kier molecular flexibility index (Phi) is 2.01. The van der Waals surface area contributed by atoms with Gasteiger partial charge in [-0.1, -0.05) is 6.07 Å². The van der Waals surface area contributed by atoms with Crippen LogP contribution in [0.25, 0.3) is 0 Å². The third-order valence-electron chi connectivity index (χ3n) is 2.67. The van der Waals surface area contributed by atoms with E-state index in [1.807, 2.05) is 0 Å². The second-order valence-corrected chi connectivity index (χ2v) is 3.79. The predicted octanol–water partition coefficient (Wildman–Crippen LogP) is 1.84. The summed E-state index contributed by atoms with van der Waals surface area (Å²) in [6, 6.07) is 6.55. The van der Waals surface area contributed by atoms with Crippen molar-refractivity contribution in [2.24, 2.45) is 5.73 Å². The van der Waals surface area contributed by atoms with E-state index < -0.39 is 0 Å². The molecule has 0 saturated heterocycles. The van der Waals surface area contributed by atoms with Crippen LogP contribution in [0.5, 0.6) is 0 Å². The van der Waals surface area contributed by atoms with Gasteiger partial charge in [0.2, 0.25) is 0 Å². The molecule has 0 aliphatic heterocycles. The minimum absolute atomic E-state index is 0.279. The molecule has 1 fully saturated rings. The van der Waals surface area contributed by atoms with Crippen LogP contribution >= 0.6 is 0 Å². The van der Waals surface area contributed by atoms with Gasteiger partial charge in [-0.15, -0.1) is 0 Å². The standard InChI is InChI=1S/C11H11FN2/c12-9-2-1-8(3-6-13)10(7-9)11(14)4-5-11/h1-2,7H,3-5,14H2. The molecule has 1 aliphatic carbocycles. The highest BCUT2D eigenvalue weighted by molar-refractivity contribution is 5.39. The molecule has 14 heavy (non-hydrogen) atoms. The largest absolute Gasteiger partial charge is 0.321 e. The topological polar surface area (TPSA) is 49.8 Å². The second-order valence-electron chi connectivity index (χ2n) is 3.79. The highest BCUT2D eigenvalue weighted by Gasteiger charge is 2.41. The molecule has 0 amide bonds. The Bertz CT molecular complexity index is 402. The van der Waals surface area contributed by atoms with E-state index in [-0.39, 0.29) is 11.4 Å². The molecule has 2 N–H and O–H groups in total. The van der Waals surface area contributed by atoms with E-state index in [2.05, 4.69) is 6.07 Å². The number of benzene rings is 1. The van der Waals surface area contributed by atoms with Gasteiger partial charge in [0.25, 0.3) is 0 Å². The molecular formula is C11H11FN2. The summed E-state index contributed by atoms with van der Waals surface area (Å²) >= 11 is 0. The molecule has 1 saturated carbocycles. The summed E-state index contributed by atoms with van der Waals surface area (Å²) in [6.45, 7) is 0. The lowest BCUT2D eigenvalue weighted by Crippen LogP contribution is -2.20. The molecule has 0 aromatic heterocycles. The van der Waals surface area contributed by atoms with Crippen molar-refractivity contribution in [2.75, 3.05) is 0 Å². The molecule has 0 bridgehead atoms. The lowest BCUT2D eigenvalue weighted by atomic mass is 9.97. The first-order chi connectivity index (χ1) is 6.65. The van der Waals surface area contributed by atoms with Gasteiger partial charge >= 0.3 is 0 Å².